The van der Waals surface area contributed by atoms with Crippen LogP contribution >= 0.6 is 0 Å². The Labute approximate surface area is 109 Å². The van der Waals surface area contributed by atoms with Gasteiger partial charge in [0.15, 0.2) is 0 Å². The minimum atomic E-state index is -0.0560. The Kier molecular flexibility index (Phi) is 4.96. The third-order valence-electron chi connectivity index (χ3n) is 2.73. The topological polar surface area (TPSA) is 59.6 Å². The van der Waals surface area contributed by atoms with Crippen molar-refractivity contribution in [3.63, 3.8) is 0 Å². The van der Waals surface area contributed by atoms with Crippen LogP contribution in [0.25, 0.3) is 0 Å². The zero-order valence-corrected chi connectivity index (χ0v) is 12.0. The zero-order chi connectivity index (χ0) is 10.8. The average Bonchev–Trinajstić information content (AvgIpc) is 2.71. The van der Waals surface area contributed by atoms with Crippen LogP contribution in [0.5, 0.6) is 0 Å². The summed E-state index contributed by atoms with van der Waals surface area (Å²) < 4.78 is 11.2. The van der Waals surface area contributed by atoms with E-state index >= 15 is 0 Å². The van der Waals surface area contributed by atoms with Crippen molar-refractivity contribution in [2.45, 2.75) is 31.2 Å². The van der Waals surface area contributed by atoms with Gasteiger partial charge < -0.3 is 26.3 Å². The molecule has 6 heteroatoms. The molecule has 0 spiro atoms. The predicted molar refractivity (Wildman–Crippen MR) is 52.9 cm³/mol. The smallest absolute Gasteiger partial charge is 0.217 e. The minimum Gasteiger partial charge on any atom is -0.561 e. The fourth-order valence-electron chi connectivity index (χ4n) is 2.14. The summed E-state index contributed by atoms with van der Waals surface area (Å²) in [6, 6.07) is 0.0513. The summed E-state index contributed by atoms with van der Waals surface area (Å²) in [4.78, 5) is 10.9. The molecular formula is C10H15N2O3W-. The maximum absolute atomic E-state index is 10.9. The molecule has 0 aromatic carbocycles. The number of carbonyl (C=O) groups excluding carboxylic acids is 1. The normalized spacial score (nSPS) is 36.1. The van der Waals surface area contributed by atoms with Crippen molar-refractivity contribution in [2.75, 3.05) is 13.2 Å². The summed E-state index contributed by atoms with van der Waals surface area (Å²) in [7, 11) is 0. The molecule has 2 heterocycles. The number of nitrogens with one attached hydrogen (secondary N) is 2. The fourth-order valence-corrected chi connectivity index (χ4v) is 2.14. The van der Waals surface area contributed by atoms with E-state index in [4.69, 9.17) is 9.47 Å². The van der Waals surface area contributed by atoms with E-state index in [1.165, 1.54) is 6.92 Å². The molecule has 0 aromatic heterocycles. The van der Waals surface area contributed by atoms with Crippen LogP contribution in [-0.2, 0) is 35.3 Å². The second-order valence-electron chi connectivity index (χ2n) is 3.83. The van der Waals surface area contributed by atoms with E-state index in [0.29, 0.717) is 13.2 Å². The van der Waals surface area contributed by atoms with Crippen molar-refractivity contribution < 1.29 is 35.3 Å². The van der Waals surface area contributed by atoms with Crippen LogP contribution in [0.4, 0.5) is 0 Å². The van der Waals surface area contributed by atoms with Gasteiger partial charge in [-0.3, -0.25) is 11.4 Å². The minimum absolute atomic E-state index is 0. The SMILES string of the molecule is C=[C-]NC1COC2C(NC(C)=O)COC12.[W]. The van der Waals surface area contributed by atoms with E-state index in [-0.39, 0.29) is 51.3 Å². The first-order chi connectivity index (χ1) is 7.22. The Morgan fingerprint density at radius 2 is 1.88 bits per heavy atom. The fraction of sp³-hybridized carbons (Fsp3) is 0.700. The van der Waals surface area contributed by atoms with Gasteiger partial charge in [0.25, 0.3) is 0 Å². The molecule has 2 fully saturated rings. The predicted octanol–water partition coefficient (Wildman–Crippen LogP) is -0.809. The second-order valence-corrected chi connectivity index (χ2v) is 3.83. The van der Waals surface area contributed by atoms with Crippen molar-refractivity contribution in [1.82, 2.24) is 10.6 Å². The summed E-state index contributed by atoms with van der Waals surface area (Å²) in [6.07, 6.45) is 2.56. The summed E-state index contributed by atoms with van der Waals surface area (Å²) in [5, 5.41) is 5.79. The molecule has 4 atom stereocenters. The number of hydrogen-bond donors (Lipinski definition) is 2. The molecule has 0 radical (unpaired) electrons. The molecule has 0 bridgehead atoms. The molecule has 5 nitrogen and oxygen atoms in total. The Hall–Kier alpha value is -0.382. The molecule has 2 aliphatic rings. The van der Waals surface area contributed by atoms with Gasteiger partial charge in [-0.05, 0) is 0 Å². The molecule has 4 unspecified atom stereocenters. The molecule has 2 saturated heterocycles. The van der Waals surface area contributed by atoms with Gasteiger partial charge in [0.2, 0.25) is 5.91 Å². The quantitative estimate of drug-likeness (QED) is 0.485. The Morgan fingerprint density at radius 1 is 1.31 bits per heavy atom. The van der Waals surface area contributed by atoms with Crippen LogP contribution in [0.3, 0.4) is 0 Å². The van der Waals surface area contributed by atoms with Crippen molar-refractivity contribution >= 4 is 5.91 Å². The van der Waals surface area contributed by atoms with Gasteiger partial charge in [-0.25, -0.2) is 0 Å². The van der Waals surface area contributed by atoms with Crippen molar-refractivity contribution in [1.29, 1.82) is 0 Å². The van der Waals surface area contributed by atoms with Gasteiger partial charge in [-0.15, -0.1) is 0 Å². The summed E-state index contributed by atoms with van der Waals surface area (Å²) in [5.74, 6) is -0.0560. The van der Waals surface area contributed by atoms with E-state index in [1.54, 1.807) is 0 Å². The average molecular weight is 395 g/mol. The molecular weight excluding hydrogens is 380 g/mol. The molecule has 0 aliphatic carbocycles. The molecule has 1 amide bonds. The van der Waals surface area contributed by atoms with Gasteiger partial charge >= 0.3 is 0 Å². The first-order valence-corrected chi connectivity index (χ1v) is 5.00. The van der Waals surface area contributed by atoms with Crippen LogP contribution in [0.2, 0.25) is 0 Å². The summed E-state index contributed by atoms with van der Waals surface area (Å²) in [6.45, 7) is 6.05. The van der Waals surface area contributed by atoms with Crippen molar-refractivity contribution in [2.24, 2.45) is 0 Å². The van der Waals surface area contributed by atoms with E-state index in [9.17, 15) is 4.79 Å². The van der Waals surface area contributed by atoms with Gasteiger partial charge in [0.05, 0.1) is 19.3 Å². The van der Waals surface area contributed by atoms with E-state index in [2.05, 4.69) is 23.4 Å². The second kappa shape index (κ2) is 5.80. The summed E-state index contributed by atoms with van der Waals surface area (Å²) >= 11 is 0. The van der Waals surface area contributed by atoms with E-state index in [0.717, 1.165) is 0 Å². The maximum Gasteiger partial charge on any atom is 0.217 e. The Bertz CT molecular complexity index is 275. The van der Waals surface area contributed by atoms with Crippen LogP contribution < -0.4 is 10.6 Å². The number of amides is 1. The molecule has 0 saturated carbocycles. The molecule has 2 aliphatic heterocycles. The van der Waals surface area contributed by atoms with Crippen molar-refractivity contribution in [3.05, 3.63) is 12.8 Å². The van der Waals surface area contributed by atoms with Crippen LogP contribution in [0, 0.1) is 6.20 Å². The van der Waals surface area contributed by atoms with Gasteiger partial charge in [0, 0.05) is 34.0 Å². The van der Waals surface area contributed by atoms with Crippen molar-refractivity contribution in [3.8, 4) is 0 Å². The number of carbonyl (C=O) groups is 1. The molecule has 0 aromatic rings. The Morgan fingerprint density at radius 3 is 2.44 bits per heavy atom. The first kappa shape index (κ1) is 13.7. The third kappa shape index (κ3) is 2.65. The third-order valence-corrected chi connectivity index (χ3v) is 2.73. The molecule has 2 rings (SSSR count). The molecule has 90 valence electrons. The molecule has 2 N–H and O–H groups in total. The van der Waals surface area contributed by atoms with Crippen LogP contribution in [-0.4, -0.2) is 43.4 Å². The van der Waals surface area contributed by atoms with Gasteiger partial charge in [-0.2, -0.15) is 0 Å². The van der Waals surface area contributed by atoms with Gasteiger partial charge in [0.1, 0.15) is 12.2 Å². The largest absolute Gasteiger partial charge is 0.561 e. The molecule has 16 heavy (non-hydrogen) atoms. The number of ether oxygens (including phenoxy) is 2. The van der Waals surface area contributed by atoms with E-state index in [1.807, 2.05) is 0 Å². The van der Waals surface area contributed by atoms with Crippen LogP contribution in [0.1, 0.15) is 6.92 Å². The monoisotopic (exact) mass is 395 g/mol. The number of hydrogen-bond acceptors (Lipinski definition) is 4. The number of fused-ring (bicyclic) bond motifs is 1. The number of rotatable bonds is 3. The standard InChI is InChI=1S/C10H15N2O3.W/c1-3-11-7-4-14-10-8(12-6(2)13)5-15-9(7)10;/h7-11H,1,4-5H2,2H3,(H,12,13);/q-1;. The van der Waals surface area contributed by atoms with Gasteiger partial charge in [-0.1, -0.05) is 0 Å². The van der Waals surface area contributed by atoms with Crippen LogP contribution in [0.15, 0.2) is 6.58 Å². The maximum atomic E-state index is 10.9. The zero-order valence-electron chi connectivity index (χ0n) is 9.06. The Balaban J connectivity index is 0.00000128. The summed E-state index contributed by atoms with van der Waals surface area (Å²) in [5.41, 5.74) is 0. The van der Waals surface area contributed by atoms with E-state index < -0.39 is 0 Å². The first-order valence-electron chi connectivity index (χ1n) is 5.00.